The van der Waals surface area contributed by atoms with Crippen molar-refractivity contribution < 1.29 is 13.6 Å². The molecule has 1 amide bonds. The van der Waals surface area contributed by atoms with Gasteiger partial charge in [0.2, 0.25) is 0 Å². The summed E-state index contributed by atoms with van der Waals surface area (Å²) in [6.45, 7) is 1.76. The summed E-state index contributed by atoms with van der Waals surface area (Å²) in [6, 6.07) is 8.30. The molecule has 3 nitrogen and oxygen atoms in total. The molecule has 0 heterocycles. The molecule has 98 valence electrons. The Hall–Kier alpha value is -2.43. The average molecular weight is 262 g/mol. The number of carbonyl (C=O) groups excluding carboxylic acids is 1. The summed E-state index contributed by atoms with van der Waals surface area (Å²) in [7, 11) is 0. The minimum Gasteiger partial charge on any atom is -0.399 e. The number of carbonyl (C=O) groups is 1. The number of amides is 1. The van der Waals surface area contributed by atoms with Gasteiger partial charge in [-0.1, -0.05) is 6.07 Å². The van der Waals surface area contributed by atoms with Crippen molar-refractivity contribution in [3.63, 3.8) is 0 Å². The molecule has 0 saturated heterocycles. The molecule has 2 aromatic rings. The van der Waals surface area contributed by atoms with Crippen LogP contribution in [-0.2, 0) is 0 Å². The second kappa shape index (κ2) is 5.06. The first-order valence-corrected chi connectivity index (χ1v) is 5.60. The maximum Gasteiger partial charge on any atom is 0.255 e. The summed E-state index contributed by atoms with van der Waals surface area (Å²) >= 11 is 0. The van der Waals surface area contributed by atoms with E-state index in [4.69, 9.17) is 5.73 Å². The van der Waals surface area contributed by atoms with Crippen molar-refractivity contribution in [2.24, 2.45) is 0 Å². The third-order valence-electron chi connectivity index (χ3n) is 2.73. The molecular formula is C14H12F2N2O. The van der Waals surface area contributed by atoms with Gasteiger partial charge < -0.3 is 11.1 Å². The fourth-order valence-corrected chi connectivity index (χ4v) is 1.61. The lowest BCUT2D eigenvalue weighted by atomic mass is 10.1. The third-order valence-corrected chi connectivity index (χ3v) is 2.73. The van der Waals surface area contributed by atoms with Crippen molar-refractivity contribution in [3.8, 4) is 0 Å². The van der Waals surface area contributed by atoms with Gasteiger partial charge in [-0.05, 0) is 42.8 Å². The van der Waals surface area contributed by atoms with Crippen LogP contribution in [0.25, 0.3) is 0 Å². The van der Waals surface area contributed by atoms with E-state index in [9.17, 15) is 13.6 Å². The number of nitrogen functional groups attached to an aromatic ring is 1. The van der Waals surface area contributed by atoms with Gasteiger partial charge in [-0.15, -0.1) is 0 Å². The van der Waals surface area contributed by atoms with Gasteiger partial charge in [0, 0.05) is 11.3 Å². The molecule has 0 fully saturated rings. The first-order chi connectivity index (χ1) is 8.99. The molecule has 2 aromatic carbocycles. The molecule has 0 aliphatic heterocycles. The summed E-state index contributed by atoms with van der Waals surface area (Å²) in [5, 5.41) is 2.32. The van der Waals surface area contributed by atoms with E-state index in [1.54, 1.807) is 19.1 Å². The van der Waals surface area contributed by atoms with E-state index in [-0.39, 0.29) is 5.69 Å². The third kappa shape index (κ3) is 2.70. The first-order valence-electron chi connectivity index (χ1n) is 5.60. The zero-order valence-electron chi connectivity index (χ0n) is 10.2. The van der Waals surface area contributed by atoms with E-state index in [1.165, 1.54) is 18.2 Å². The highest BCUT2D eigenvalue weighted by Crippen LogP contribution is 2.18. The fourth-order valence-electron chi connectivity index (χ4n) is 1.61. The van der Waals surface area contributed by atoms with Gasteiger partial charge in [0.25, 0.3) is 5.91 Å². The second-order valence-corrected chi connectivity index (χ2v) is 4.13. The number of nitrogens with one attached hydrogen (secondary N) is 1. The average Bonchev–Trinajstić information content (AvgIpc) is 2.38. The van der Waals surface area contributed by atoms with Crippen LogP contribution >= 0.6 is 0 Å². The van der Waals surface area contributed by atoms with Gasteiger partial charge in [-0.2, -0.15) is 0 Å². The lowest BCUT2D eigenvalue weighted by molar-refractivity contribution is 0.102. The summed E-state index contributed by atoms with van der Waals surface area (Å²) in [5.74, 6) is -2.61. The van der Waals surface area contributed by atoms with Crippen LogP contribution < -0.4 is 11.1 Å². The quantitative estimate of drug-likeness (QED) is 0.817. The van der Waals surface area contributed by atoms with Crippen molar-refractivity contribution in [1.29, 1.82) is 0 Å². The van der Waals surface area contributed by atoms with Crippen LogP contribution in [-0.4, -0.2) is 5.91 Å². The van der Waals surface area contributed by atoms with Gasteiger partial charge >= 0.3 is 0 Å². The van der Waals surface area contributed by atoms with Crippen LogP contribution in [0, 0.1) is 18.6 Å². The molecule has 0 radical (unpaired) electrons. The van der Waals surface area contributed by atoms with Gasteiger partial charge in [0.1, 0.15) is 0 Å². The highest BCUT2D eigenvalue weighted by Gasteiger charge is 2.12. The maximum absolute atomic E-state index is 13.4. The highest BCUT2D eigenvalue weighted by atomic mass is 19.2. The Morgan fingerprint density at radius 2 is 1.95 bits per heavy atom. The zero-order chi connectivity index (χ0) is 14.0. The number of nitrogens with two attached hydrogens (primary N) is 1. The Morgan fingerprint density at radius 3 is 2.63 bits per heavy atom. The van der Waals surface area contributed by atoms with Crippen LogP contribution in [0.3, 0.4) is 0 Å². The van der Waals surface area contributed by atoms with Crippen LogP contribution in [0.4, 0.5) is 20.2 Å². The molecule has 0 atom stereocenters. The molecule has 0 aliphatic rings. The second-order valence-electron chi connectivity index (χ2n) is 4.13. The normalized spacial score (nSPS) is 10.3. The molecule has 0 aromatic heterocycles. The number of rotatable bonds is 2. The molecule has 5 heteroatoms. The molecule has 0 bridgehead atoms. The van der Waals surface area contributed by atoms with Crippen molar-refractivity contribution in [1.82, 2.24) is 0 Å². The Labute approximate surface area is 109 Å². The van der Waals surface area contributed by atoms with Crippen LogP contribution in [0.15, 0.2) is 36.4 Å². The highest BCUT2D eigenvalue weighted by molar-refractivity contribution is 6.04. The molecule has 0 spiro atoms. The maximum atomic E-state index is 13.4. The predicted molar refractivity (Wildman–Crippen MR) is 69.9 cm³/mol. The Balaban J connectivity index is 2.26. The monoisotopic (exact) mass is 262 g/mol. The SMILES string of the molecule is Cc1cc(C(=O)Nc2cccc(F)c2F)ccc1N. The molecule has 0 unspecified atom stereocenters. The molecule has 2 rings (SSSR count). The lowest BCUT2D eigenvalue weighted by Gasteiger charge is -2.08. The summed E-state index contributed by atoms with van der Waals surface area (Å²) in [6.07, 6.45) is 0. The first kappa shape index (κ1) is 13.0. The van der Waals surface area contributed by atoms with Crippen LogP contribution in [0.1, 0.15) is 15.9 Å². The molecule has 3 N–H and O–H groups in total. The number of halogens is 2. The minimum absolute atomic E-state index is 0.195. The van der Waals surface area contributed by atoms with Crippen LogP contribution in [0.5, 0.6) is 0 Å². The molecule has 0 aliphatic carbocycles. The van der Waals surface area contributed by atoms with Gasteiger partial charge in [-0.25, -0.2) is 8.78 Å². The van der Waals surface area contributed by atoms with E-state index in [1.807, 2.05) is 0 Å². The lowest BCUT2D eigenvalue weighted by Crippen LogP contribution is -2.13. The van der Waals surface area contributed by atoms with E-state index in [2.05, 4.69) is 5.32 Å². The standard InChI is InChI=1S/C14H12F2N2O/c1-8-7-9(5-6-11(8)17)14(19)18-12-4-2-3-10(15)13(12)16/h2-7H,17H2,1H3,(H,18,19). The molecule has 0 saturated carbocycles. The number of hydrogen-bond donors (Lipinski definition) is 2. The van der Waals surface area contributed by atoms with Crippen LogP contribution in [0.2, 0.25) is 0 Å². The zero-order valence-corrected chi connectivity index (χ0v) is 10.2. The summed E-state index contributed by atoms with van der Waals surface area (Å²) in [5.41, 5.74) is 7.08. The Kier molecular flexibility index (Phi) is 3.46. The Morgan fingerprint density at radius 1 is 1.21 bits per heavy atom. The fraction of sp³-hybridized carbons (Fsp3) is 0.0714. The van der Waals surface area contributed by atoms with E-state index in [0.717, 1.165) is 11.6 Å². The number of anilines is 2. The summed E-state index contributed by atoms with van der Waals surface area (Å²) < 4.78 is 26.4. The molecular weight excluding hydrogens is 250 g/mol. The summed E-state index contributed by atoms with van der Waals surface area (Å²) in [4.78, 5) is 11.9. The number of benzene rings is 2. The Bertz CT molecular complexity index is 641. The molecule has 19 heavy (non-hydrogen) atoms. The van der Waals surface area contributed by atoms with E-state index in [0.29, 0.717) is 11.3 Å². The van der Waals surface area contributed by atoms with E-state index >= 15 is 0 Å². The predicted octanol–water partition coefficient (Wildman–Crippen LogP) is 3.11. The number of aryl methyl sites for hydroxylation is 1. The largest absolute Gasteiger partial charge is 0.399 e. The topological polar surface area (TPSA) is 55.1 Å². The van der Waals surface area contributed by atoms with Crippen molar-refractivity contribution in [2.45, 2.75) is 6.92 Å². The van der Waals surface area contributed by atoms with Gasteiger partial charge in [0.05, 0.1) is 5.69 Å². The minimum atomic E-state index is -1.08. The van der Waals surface area contributed by atoms with Crippen molar-refractivity contribution >= 4 is 17.3 Å². The van der Waals surface area contributed by atoms with Gasteiger partial charge in [0.15, 0.2) is 11.6 Å². The van der Waals surface area contributed by atoms with Gasteiger partial charge in [-0.3, -0.25) is 4.79 Å². The van der Waals surface area contributed by atoms with E-state index < -0.39 is 17.5 Å². The van der Waals surface area contributed by atoms with Crippen molar-refractivity contribution in [2.75, 3.05) is 11.1 Å². The number of hydrogen-bond acceptors (Lipinski definition) is 2. The van der Waals surface area contributed by atoms with Crippen molar-refractivity contribution in [3.05, 3.63) is 59.2 Å². The smallest absolute Gasteiger partial charge is 0.255 e.